The molecule has 2 unspecified atom stereocenters. The van der Waals surface area contributed by atoms with Gasteiger partial charge >= 0.3 is 12.5 Å². The van der Waals surface area contributed by atoms with Crippen LogP contribution in [0.25, 0.3) is 0 Å². The van der Waals surface area contributed by atoms with Gasteiger partial charge in [-0.1, -0.05) is 12.1 Å². The second kappa shape index (κ2) is 6.44. The van der Waals surface area contributed by atoms with Crippen LogP contribution in [0.3, 0.4) is 0 Å². The summed E-state index contributed by atoms with van der Waals surface area (Å²) in [5.41, 5.74) is 0.0594. The third kappa shape index (κ3) is 4.26. The predicted molar refractivity (Wildman–Crippen MR) is 62.8 cm³/mol. The van der Waals surface area contributed by atoms with Gasteiger partial charge in [0.1, 0.15) is 11.9 Å². The fourth-order valence-electron chi connectivity index (χ4n) is 1.29. The summed E-state index contributed by atoms with van der Waals surface area (Å²) in [4.78, 5) is 0. The van der Waals surface area contributed by atoms with E-state index in [-0.39, 0.29) is 11.3 Å². The Balaban J connectivity index is 2.89. The molecule has 8 heteroatoms. The van der Waals surface area contributed by atoms with Gasteiger partial charge in [0, 0.05) is 5.75 Å². The number of ether oxygens (including phenoxy) is 1. The highest BCUT2D eigenvalue weighted by molar-refractivity contribution is 7.80. The van der Waals surface area contributed by atoms with Crippen molar-refractivity contribution in [3.8, 4) is 5.75 Å². The molecular formula is C11H12F4O3S. The molecule has 19 heavy (non-hydrogen) atoms. The summed E-state index contributed by atoms with van der Waals surface area (Å²) in [5, 5.41) is 19.0. The summed E-state index contributed by atoms with van der Waals surface area (Å²) in [6.45, 7) is 0. The molecule has 0 radical (unpaired) electrons. The first kappa shape index (κ1) is 16.1. The molecule has 0 saturated carbocycles. The minimum absolute atomic E-state index is 0.0561. The van der Waals surface area contributed by atoms with Crippen molar-refractivity contribution >= 4 is 12.6 Å². The largest absolute Gasteiger partial charge is 0.461 e. The molecule has 0 aromatic heterocycles. The molecule has 0 heterocycles. The van der Waals surface area contributed by atoms with E-state index in [2.05, 4.69) is 17.4 Å². The molecule has 108 valence electrons. The van der Waals surface area contributed by atoms with Crippen molar-refractivity contribution < 1.29 is 32.5 Å². The van der Waals surface area contributed by atoms with Gasteiger partial charge in [0.2, 0.25) is 0 Å². The highest BCUT2D eigenvalue weighted by atomic mass is 32.1. The zero-order valence-corrected chi connectivity index (χ0v) is 10.4. The predicted octanol–water partition coefficient (Wildman–Crippen LogP) is 2.25. The Bertz CT molecular complexity index is 417. The Morgan fingerprint density at radius 3 is 2.42 bits per heavy atom. The summed E-state index contributed by atoms with van der Waals surface area (Å²) in [6.07, 6.45) is -11.2. The molecule has 1 rings (SSSR count). The van der Waals surface area contributed by atoms with E-state index in [0.717, 1.165) is 12.1 Å². The quantitative estimate of drug-likeness (QED) is 0.558. The van der Waals surface area contributed by atoms with E-state index in [9.17, 15) is 27.8 Å². The lowest BCUT2D eigenvalue weighted by Gasteiger charge is -2.19. The zero-order valence-electron chi connectivity index (χ0n) is 9.51. The molecule has 1 aromatic rings. The molecule has 0 fully saturated rings. The van der Waals surface area contributed by atoms with Gasteiger partial charge in [0.05, 0.1) is 6.10 Å². The lowest BCUT2D eigenvalue weighted by molar-refractivity contribution is -0.253. The Hall–Kier alpha value is -0.990. The van der Waals surface area contributed by atoms with Gasteiger partial charge in [0.25, 0.3) is 0 Å². The SMILES string of the molecule is OC(CS)C(O)c1cccc(OC(F)(F)C(F)F)c1. The summed E-state index contributed by atoms with van der Waals surface area (Å²) >= 11 is 3.77. The summed E-state index contributed by atoms with van der Waals surface area (Å²) in [6, 6.07) is 4.57. The molecular weight excluding hydrogens is 288 g/mol. The highest BCUT2D eigenvalue weighted by Crippen LogP contribution is 2.29. The van der Waals surface area contributed by atoms with Gasteiger partial charge in [-0.15, -0.1) is 0 Å². The maximum atomic E-state index is 12.7. The number of hydrogen-bond acceptors (Lipinski definition) is 4. The van der Waals surface area contributed by atoms with Crippen molar-refractivity contribution in [3.05, 3.63) is 29.8 Å². The molecule has 0 saturated heterocycles. The third-order valence-corrected chi connectivity index (χ3v) is 2.63. The Morgan fingerprint density at radius 2 is 1.89 bits per heavy atom. The van der Waals surface area contributed by atoms with Crippen molar-refractivity contribution in [1.82, 2.24) is 0 Å². The van der Waals surface area contributed by atoms with E-state index < -0.39 is 30.5 Å². The fourth-order valence-corrected chi connectivity index (χ4v) is 1.49. The van der Waals surface area contributed by atoms with E-state index >= 15 is 0 Å². The van der Waals surface area contributed by atoms with Crippen molar-refractivity contribution in [2.24, 2.45) is 0 Å². The van der Waals surface area contributed by atoms with Crippen molar-refractivity contribution in [3.63, 3.8) is 0 Å². The standard InChI is InChI=1S/C11H12F4O3S/c12-10(13)11(14,15)18-7-3-1-2-6(4-7)9(17)8(16)5-19/h1-4,8-10,16-17,19H,5H2. The van der Waals surface area contributed by atoms with Crippen LogP contribution in [0.1, 0.15) is 11.7 Å². The van der Waals surface area contributed by atoms with Gasteiger partial charge in [-0.2, -0.15) is 30.2 Å². The zero-order chi connectivity index (χ0) is 14.6. The van der Waals surface area contributed by atoms with Crippen LogP contribution in [0.4, 0.5) is 17.6 Å². The van der Waals surface area contributed by atoms with E-state index in [0.29, 0.717) is 0 Å². The smallest absolute Gasteiger partial charge is 0.428 e. The Morgan fingerprint density at radius 1 is 1.26 bits per heavy atom. The number of benzene rings is 1. The average Bonchev–Trinajstić information content (AvgIpc) is 2.36. The number of aliphatic hydroxyl groups excluding tert-OH is 2. The first-order valence-electron chi connectivity index (χ1n) is 5.20. The maximum Gasteiger partial charge on any atom is 0.461 e. The molecule has 0 aliphatic heterocycles. The van der Waals surface area contributed by atoms with Crippen molar-refractivity contribution in [2.75, 3.05) is 5.75 Å². The number of hydrogen-bond donors (Lipinski definition) is 3. The van der Waals surface area contributed by atoms with Crippen LogP contribution >= 0.6 is 12.6 Å². The maximum absolute atomic E-state index is 12.7. The van der Waals surface area contributed by atoms with Crippen LogP contribution in [0.2, 0.25) is 0 Å². The van der Waals surface area contributed by atoms with Gasteiger partial charge in [0.15, 0.2) is 0 Å². The highest BCUT2D eigenvalue weighted by Gasteiger charge is 2.44. The lowest BCUT2D eigenvalue weighted by atomic mass is 10.1. The normalized spacial score (nSPS) is 15.4. The minimum Gasteiger partial charge on any atom is -0.428 e. The Labute approximate surface area is 112 Å². The molecule has 0 amide bonds. The second-order valence-corrected chi connectivity index (χ2v) is 4.10. The first-order chi connectivity index (χ1) is 8.77. The van der Waals surface area contributed by atoms with Crippen molar-refractivity contribution in [2.45, 2.75) is 24.7 Å². The van der Waals surface area contributed by atoms with Crippen LogP contribution in [-0.2, 0) is 0 Å². The average molecular weight is 300 g/mol. The number of rotatable bonds is 6. The van der Waals surface area contributed by atoms with Gasteiger partial charge in [-0.25, -0.2) is 0 Å². The number of alkyl halides is 4. The molecule has 2 atom stereocenters. The minimum atomic E-state index is -4.62. The summed E-state index contributed by atoms with van der Waals surface area (Å²) in [5.74, 6) is -0.590. The fraction of sp³-hybridized carbons (Fsp3) is 0.455. The number of halogens is 4. The molecule has 0 aliphatic rings. The van der Waals surface area contributed by atoms with E-state index in [1.54, 1.807) is 0 Å². The molecule has 3 nitrogen and oxygen atoms in total. The molecule has 0 spiro atoms. The Kier molecular flexibility index (Phi) is 5.45. The van der Waals surface area contributed by atoms with Gasteiger partial charge < -0.3 is 14.9 Å². The van der Waals surface area contributed by atoms with Crippen LogP contribution in [0.5, 0.6) is 5.75 Å². The van der Waals surface area contributed by atoms with E-state index in [4.69, 9.17) is 0 Å². The van der Waals surface area contributed by atoms with Crippen LogP contribution in [0.15, 0.2) is 24.3 Å². The monoisotopic (exact) mass is 300 g/mol. The molecule has 0 bridgehead atoms. The number of aliphatic hydroxyl groups is 2. The third-order valence-electron chi connectivity index (χ3n) is 2.26. The second-order valence-electron chi connectivity index (χ2n) is 3.73. The topological polar surface area (TPSA) is 49.7 Å². The molecule has 2 N–H and O–H groups in total. The van der Waals surface area contributed by atoms with Crippen LogP contribution in [0, 0.1) is 0 Å². The summed E-state index contributed by atoms with van der Waals surface area (Å²) < 4.78 is 53.2. The van der Waals surface area contributed by atoms with Gasteiger partial charge in [-0.3, -0.25) is 0 Å². The van der Waals surface area contributed by atoms with Crippen LogP contribution in [-0.4, -0.2) is 34.6 Å². The molecule has 0 aliphatic carbocycles. The summed E-state index contributed by atoms with van der Waals surface area (Å²) in [7, 11) is 0. The van der Waals surface area contributed by atoms with Crippen molar-refractivity contribution in [1.29, 1.82) is 0 Å². The van der Waals surface area contributed by atoms with Crippen LogP contribution < -0.4 is 4.74 Å². The number of thiol groups is 1. The molecule has 1 aromatic carbocycles. The van der Waals surface area contributed by atoms with Gasteiger partial charge in [-0.05, 0) is 17.7 Å². The van der Waals surface area contributed by atoms with E-state index in [1.165, 1.54) is 12.1 Å². The lowest BCUT2D eigenvalue weighted by Crippen LogP contribution is -2.33. The van der Waals surface area contributed by atoms with E-state index in [1.807, 2.05) is 0 Å². The first-order valence-corrected chi connectivity index (χ1v) is 5.83.